The molecule has 0 bridgehead atoms. The van der Waals surface area contributed by atoms with Gasteiger partial charge in [-0.2, -0.15) is 0 Å². The summed E-state index contributed by atoms with van der Waals surface area (Å²) >= 11 is 0. The molecule has 5 nitrogen and oxygen atoms in total. The number of nitrogens with zero attached hydrogens (tertiary/aromatic N) is 2. The van der Waals surface area contributed by atoms with Crippen molar-refractivity contribution in [3.63, 3.8) is 0 Å². The van der Waals surface area contributed by atoms with Crippen LogP contribution in [0.15, 0.2) is 0 Å². The van der Waals surface area contributed by atoms with E-state index in [2.05, 4.69) is 15.1 Å². The molecule has 0 spiro atoms. The highest BCUT2D eigenvalue weighted by Crippen LogP contribution is 2.04. The SMILES string of the molecule is O=S1(=O)CCN(CCN2CCCNCC2)CC1. The topological polar surface area (TPSA) is 52.7 Å². The van der Waals surface area contributed by atoms with Crippen LogP contribution in [0.3, 0.4) is 0 Å². The Bertz CT molecular complexity index is 310. The molecule has 0 aromatic carbocycles. The summed E-state index contributed by atoms with van der Waals surface area (Å²) in [5.74, 6) is 0.684. The van der Waals surface area contributed by atoms with Gasteiger partial charge in [0.25, 0.3) is 0 Å². The third kappa shape index (κ3) is 4.54. The molecule has 0 atom stereocenters. The normalized spacial score (nSPS) is 27.8. The number of rotatable bonds is 3. The Kier molecular flexibility index (Phi) is 4.78. The Balaban J connectivity index is 1.68. The second-order valence-electron chi connectivity index (χ2n) is 4.94. The maximum atomic E-state index is 11.3. The third-order valence-electron chi connectivity index (χ3n) is 3.60. The van der Waals surface area contributed by atoms with E-state index >= 15 is 0 Å². The van der Waals surface area contributed by atoms with Crippen LogP contribution in [0.4, 0.5) is 0 Å². The Labute approximate surface area is 104 Å². The lowest BCUT2D eigenvalue weighted by Crippen LogP contribution is -2.44. The van der Waals surface area contributed by atoms with Gasteiger partial charge >= 0.3 is 0 Å². The predicted octanol–water partition coefficient (Wildman–Crippen LogP) is -0.988. The molecule has 2 heterocycles. The first kappa shape index (κ1) is 13.3. The van der Waals surface area contributed by atoms with Crippen LogP contribution >= 0.6 is 0 Å². The summed E-state index contributed by atoms with van der Waals surface area (Å²) in [6, 6.07) is 0. The zero-order chi connectivity index (χ0) is 12.1. The van der Waals surface area contributed by atoms with Gasteiger partial charge in [0.05, 0.1) is 11.5 Å². The highest BCUT2D eigenvalue weighted by Gasteiger charge is 2.21. The molecule has 17 heavy (non-hydrogen) atoms. The van der Waals surface area contributed by atoms with Crippen molar-refractivity contribution >= 4 is 9.84 Å². The van der Waals surface area contributed by atoms with Crippen LogP contribution in [0, 0.1) is 0 Å². The van der Waals surface area contributed by atoms with E-state index < -0.39 is 9.84 Å². The quantitative estimate of drug-likeness (QED) is 0.707. The van der Waals surface area contributed by atoms with Crippen molar-refractivity contribution in [2.45, 2.75) is 6.42 Å². The predicted molar refractivity (Wildman–Crippen MR) is 69.0 cm³/mol. The summed E-state index contributed by atoms with van der Waals surface area (Å²) in [6.07, 6.45) is 1.22. The van der Waals surface area contributed by atoms with E-state index in [1.54, 1.807) is 0 Å². The summed E-state index contributed by atoms with van der Waals surface area (Å²) < 4.78 is 22.6. The highest BCUT2D eigenvalue weighted by molar-refractivity contribution is 7.91. The Hall–Kier alpha value is -0.170. The molecule has 0 radical (unpaired) electrons. The molecule has 0 aliphatic carbocycles. The third-order valence-corrected chi connectivity index (χ3v) is 5.21. The van der Waals surface area contributed by atoms with Crippen LogP contribution in [-0.2, 0) is 9.84 Å². The van der Waals surface area contributed by atoms with Crippen LogP contribution in [0.5, 0.6) is 0 Å². The maximum absolute atomic E-state index is 11.3. The molecular weight excluding hydrogens is 238 g/mol. The molecular formula is C11H23N3O2S. The minimum atomic E-state index is -2.73. The van der Waals surface area contributed by atoms with Gasteiger partial charge in [-0.05, 0) is 19.5 Å². The minimum Gasteiger partial charge on any atom is -0.315 e. The van der Waals surface area contributed by atoms with Gasteiger partial charge in [0.1, 0.15) is 0 Å². The average molecular weight is 261 g/mol. The van der Waals surface area contributed by atoms with Gasteiger partial charge in [-0.1, -0.05) is 0 Å². The Morgan fingerprint density at radius 1 is 0.882 bits per heavy atom. The van der Waals surface area contributed by atoms with Crippen molar-refractivity contribution in [1.29, 1.82) is 0 Å². The molecule has 2 rings (SSSR count). The summed E-state index contributed by atoms with van der Waals surface area (Å²) in [5, 5.41) is 3.39. The van der Waals surface area contributed by atoms with Gasteiger partial charge in [-0.3, -0.25) is 0 Å². The van der Waals surface area contributed by atoms with Crippen molar-refractivity contribution in [2.75, 3.05) is 63.9 Å². The minimum absolute atomic E-state index is 0.342. The van der Waals surface area contributed by atoms with Gasteiger partial charge in [-0.25, -0.2) is 8.42 Å². The van der Waals surface area contributed by atoms with E-state index in [1.165, 1.54) is 13.0 Å². The van der Waals surface area contributed by atoms with Crippen molar-refractivity contribution in [3.05, 3.63) is 0 Å². The summed E-state index contributed by atoms with van der Waals surface area (Å²) in [4.78, 5) is 4.75. The maximum Gasteiger partial charge on any atom is 0.152 e. The second-order valence-corrected chi connectivity index (χ2v) is 7.24. The van der Waals surface area contributed by atoms with Crippen molar-refractivity contribution in [3.8, 4) is 0 Å². The first-order valence-corrected chi connectivity index (χ1v) is 8.34. The average Bonchev–Trinajstić information content (AvgIpc) is 2.56. The fourth-order valence-corrected chi connectivity index (χ4v) is 3.66. The van der Waals surface area contributed by atoms with Crippen LogP contribution in [0.1, 0.15) is 6.42 Å². The van der Waals surface area contributed by atoms with Crippen molar-refractivity contribution < 1.29 is 8.42 Å². The van der Waals surface area contributed by atoms with Crippen LogP contribution in [0.25, 0.3) is 0 Å². The summed E-state index contributed by atoms with van der Waals surface area (Å²) in [7, 11) is -2.73. The molecule has 0 aromatic heterocycles. The lowest BCUT2D eigenvalue weighted by molar-refractivity contribution is 0.220. The fourth-order valence-electron chi connectivity index (χ4n) is 2.38. The largest absolute Gasteiger partial charge is 0.315 e. The van der Waals surface area contributed by atoms with E-state index in [0.717, 1.165) is 32.7 Å². The van der Waals surface area contributed by atoms with Crippen molar-refractivity contribution in [2.24, 2.45) is 0 Å². The van der Waals surface area contributed by atoms with E-state index in [-0.39, 0.29) is 0 Å². The Morgan fingerprint density at radius 3 is 2.24 bits per heavy atom. The number of hydrogen-bond acceptors (Lipinski definition) is 5. The molecule has 0 unspecified atom stereocenters. The molecule has 0 saturated carbocycles. The number of nitrogens with one attached hydrogen (secondary N) is 1. The van der Waals surface area contributed by atoms with E-state index in [9.17, 15) is 8.42 Å². The lowest BCUT2D eigenvalue weighted by Gasteiger charge is -2.29. The highest BCUT2D eigenvalue weighted by atomic mass is 32.2. The molecule has 2 saturated heterocycles. The molecule has 2 aliphatic heterocycles. The molecule has 0 amide bonds. The van der Waals surface area contributed by atoms with Gasteiger partial charge < -0.3 is 15.1 Å². The smallest absolute Gasteiger partial charge is 0.152 e. The molecule has 1 N–H and O–H groups in total. The zero-order valence-corrected chi connectivity index (χ0v) is 11.2. The van der Waals surface area contributed by atoms with Crippen LogP contribution in [-0.4, -0.2) is 82.1 Å². The fraction of sp³-hybridized carbons (Fsp3) is 1.00. The van der Waals surface area contributed by atoms with Gasteiger partial charge in [0, 0.05) is 39.3 Å². The lowest BCUT2D eigenvalue weighted by atomic mass is 10.3. The second kappa shape index (κ2) is 6.13. The summed E-state index contributed by atoms with van der Waals surface area (Å²) in [6.45, 7) is 8.00. The van der Waals surface area contributed by atoms with E-state index in [0.29, 0.717) is 24.6 Å². The number of hydrogen-bond donors (Lipinski definition) is 1. The van der Waals surface area contributed by atoms with Gasteiger partial charge in [-0.15, -0.1) is 0 Å². The molecule has 6 heteroatoms. The molecule has 2 fully saturated rings. The van der Waals surface area contributed by atoms with Crippen LogP contribution in [0.2, 0.25) is 0 Å². The first-order chi connectivity index (χ1) is 8.16. The number of sulfone groups is 1. The monoisotopic (exact) mass is 261 g/mol. The first-order valence-electron chi connectivity index (χ1n) is 6.52. The van der Waals surface area contributed by atoms with Gasteiger partial charge in [0.15, 0.2) is 9.84 Å². The molecule has 100 valence electrons. The van der Waals surface area contributed by atoms with E-state index in [4.69, 9.17) is 0 Å². The standard InChI is InChI=1S/C11H23N3O2S/c15-17(16)10-8-14(9-11-17)7-6-13-4-1-2-12-3-5-13/h12H,1-11H2. The molecule has 0 aromatic rings. The Morgan fingerprint density at radius 2 is 1.53 bits per heavy atom. The summed E-state index contributed by atoms with van der Waals surface area (Å²) in [5.41, 5.74) is 0. The van der Waals surface area contributed by atoms with E-state index in [1.807, 2.05) is 0 Å². The molecule has 2 aliphatic rings. The van der Waals surface area contributed by atoms with Gasteiger partial charge in [0.2, 0.25) is 0 Å². The van der Waals surface area contributed by atoms with Crippen molar-refractivity contribution in [1.82, 2.24) is 15.1 Å². The zero-order valence-electron chi connectivity index (χ0n) is 10.4. The van der Waals surface area contributed by atoms with Crippen LogP contribution < -0.4 is 5.32 Å².